The van der Waals surface area contributed by atoms with E-state index in [0.717, 1.165) is 17.8 Å². The maximum absolute atomic E-state index is 13.1. The van der Waals surface area contributed by atoms with Crippen LogP contribution in [0.2, 0.25) is 10.0 Å². The summed E-state index contributed by atoms with van der Waals surface area (Å²) in [6.07, 6.45) is -2.61. The van der Waals surface area contributed by atoms with Gasteiger partial charge in [-0.25, -0.2) is 4.68 Å². The van der Waals surface area contributed by atoms with E-state index < -0.39 is 17.6 Å². The summed E-state index contributed by atoms with van der Waals surface area (Å²) in [5.41, 5.74) is 1.56. The van der Waals surface area contributed by atoms with Gasteiger partial charge in [0.1, 0.15) is 11.4 Å². The Morgan fingerprint density at radius 3 is 2.48 bits per heavy atom. The van der Waals surface area contributed by atoms with Crippen LogP contribution in [-0.4, -0.2) is 20.3 Å². The van der Waals surface area contributed by atoms with E-state index in [4.69, 9.17) is 23.2 Å². The van der Waals surface area contributed by atoms with Gasteiger partial charge in [-0.1, -0.05) is 35.3 Å². The second kappa shape index (κ2) is 8.96. The van der Waals surface area contributed by atoms with Crippen molar-refractivity contribution in [3.8, 4) is 17.1 Å². The van der Waals surface area contributed by atoms with Crippen LogP contribution in [0.5, 0.6) is 0 Å². The van der Waals surface area contributed by atoms with Crippen LogP contribution in [0.25, 0.3) is 17.1 Å². The molecule has 0 aliphatic carbocycles. The first kappa shape index (κ1) is 22.9. The van der Waals surface area contributed by atoms with Crippen molar-refractivity contribution in [2.75, 3.05) is 0 Å². The van der Waals surface area contributed by atoms with Gasteiger partial charge in [-0.15, -0.1) is 0 Å². The summed E-state index contributed by atoms with van der Waals surface area (Å²) >= 11 is 12.2. The standard InChI is InChI=1S/C23H17Cl2F3N4O/c1-31-9-3-6-20(31)19-12-21(32(30-19)16-7-8-17(24)18(25)11-16)22(33)29-13-14-4-2-5-15(10-14)23(26,27)28/h2-12H,13H2,1H3,(H,29,33). The number of nitrogens with zero attached hydrogens (tertiary/aromatic N) is 3. The van der Waals surface area contributed by atoms with Gasteiger partial charge in [-0.3, -0.25) is 4.79 Å². The van der Waals surface area contributed by atoms with Crippen molar-refractivity contribution in [2.45, 2.75) is 12.7 Å². The minimum Gasteiger partial charge on any atom is -0.349 e. The van der Waals surface area contributed by atoms with Crippen LogP contribution in [-0.2, 0) is 19.8 Å². The summed E-state index contributed by atoms with van der Waals surface area (Å²) in [7, 11) is 1.85. The number of aryl methyl sites for hydroxylation is 1. The zero-order valence-corrected chi connectivity index (χ0v) is 18.7. The van der Waals surface area contributed by atoms with Crippen LogP contribution in [0.15, 0.2) is 66.9 Å². The first-order chi connectivity index (χ1) is 15.6. The molecule has 0 radical (unpaired) electrons. The highest BCUT2D eigenvalue weighted by molar-refractivity contribution is 6.42. The Hall–Kier alpha value is -3.23. The predicted molar refractivity (Wildman–Crippen MR) is 121 cm³/mol. The lowest BCUT2D eigenvalue weighted by Gasteiger charge is -2.11. The monoisotopic (exact) mass is 492 g/mol. The molecule has 33 heavy (non-hydrogen) atoms. The second-order valence-electron chi connectivity index (χ2n) is 7.31. The smallest absolute Gasteiger partial charge is 0.349 e. The summed E-state index contributed by atoms with van der Waals surface area (Å²) in [4.78, 5) is 13.1. The predicted octanol–water partition coefficient (Wildman–Crippen LogP) is 6.13. The van der Waals surface area contributed by atoms with Crippen LogP contribution in [0.3, 0.4) is 0 Å². The topological polar surface area (TPSA) is 51.9 Å². The van der Waals surface area contributed by atoms with Crippen LogP contribution in [0.4, 0.5) is 13.2 Å². The van der Waals surface area contributed by atoms with Crippen molar-refractivity contribution in [1.82, 2.24) is 19.7 Å². The lowest BCUT2D eigenvalue weighted by atomic mass is 10.1. The molecule has 2 aromatic heterocycles. The highest BCUT2D eigenvalue weighted by atomic mass is 35.5. The van der Waals surface area contributed by atoms with Crippen molar-refractivity contribution >= 4 is 29.1 Å². The molecule has 0 fully saturated rings. The van der Waals surface area contributed by atoms with Gasteiger partial charge in [-0.2, -0.15) is 18.3 Å². The molecular formula is C23H17Cl2F3N4O. The molecule has 2 heterocycles. The molecule has 0 saturated carbocycles. The lowest BCUT2D eigenvalue weighted by Crippen LogP contribution is -2.25. The number of hydrogen-bond donors (Lipinski definition) is 1. The van der Waals surface area contributed by atoms with E-state index in [2.05, 4.69) is 10.4 Å². The highest BCUT2D eigenvalue weighted by Gasteiger charge is 2.30. The average Bonchev–Trinajstić information content (AvgIpc) is 3.40. The van der Waals surface area contributed by atoms with E-state index in [1.165, 1.54) is 16.8 Å². The number of amides is 1. The molecule has 10 heteroatoms. The Labute approximate surface area is 197 Å². The van der Waals surface area contributed by atoms with Gasteiger partial charge in [0, 0.05) is 19.8 Å². The van der Waals surface area contributed by atoms with E-state index in [1.54, 1.807) is 24.3 Å². The SMILES string of the molecule is Cn1cccc1-c1cc(C(=O)NCc2cccc(C(F)(F)F)c2)n(-c2ccc(Cl)c(Cl)c2)n1. The fourth-order valence-corrected chi connectivity index (χ4v) is 3.63. The Kier molecular flexibility index (Phi) is 6.23. The van der Waals surface area contributed by atoms with E-state index >= 15 is 0 Å². The van der Waals surface area contributed by atoms with E-state index in [1.807, 2.05) is 29.9 Å². The molecule has 1 N–H and O–H groups in total. The van der Waals surface area contributed by atoms with Crippen LogP contribution >= 0.6 is 23.2 Å². The Morgan fingerprint density at radius 2 is 1.82 bits per heavy atom. The number of aromatic nitrogens is 3. The number of rotatable bonds is 5. The van der Waals surface area contributed by atoms with Gasteiger partial charge in [0.05, 0.1) is 27.0 Å². The quantitative estimate of drug-likeness (QED) is 0.364. The average molecular weight is 493 g/mol. The van der Waals surface area contributed by atoms with Gasteiger partial charge < -0.3 is 9.88 Å². The van der Waals surface area contributed by atoms with Crippen molar-refractivity contribution in [2.24, 2.45) is 7.05 Å². The molecule has 170 valence electrons. The fourth-order valence-electron chi connectivity index (χ4n) is 3.34. The van der Waals surface area contributed by atoms with Crippen LogP contribution < -0.4 is 5.32 Å². The fraction of sp³-hybridized carbons (Fsp3) is 0.130. The Bertz CT molecular complexity index is 1330. The summed E-state index contributed by atoms with van der Waals surface area (Å²) in [6, 6.07) is 15.0. The number of benzene rings is 2. The minimum absolute atomic E-state index is 0.0885. The molecule has 0 atom stereocenters. The molecular weight excluding hydrogens is 476 g/mol. The third-order valence-electron chi connectivity index (χ3n) is 5.00. The number of nitrogens with one attached hydrogen (secondary N) is 1. The summed E-state index contributed by atoms with van der Waals surface area (Å²) in [5.74, 6) is -0.508. The van der Waals surface area contributed by atoms with Crippen molar-refractivity contribution < 1.29 is 18.0 Å². The molecule has 1 amide bonds. The van der Waals surface area contributed by atoms with Crippen molar-refractivity contribution in [1.29, 1.82) is 0 Å². The number of alkyl halides is 3. The third kappa shape index (κ3) is 4.91. The molecule has 2 aromatic carbocycles. The molecule has 4 rings (SSSR count). The van der Waals surface area contributed by atoms with Crippen LogP contribution in [0, 0.1) is 0 Å². The summed E-state index contributed by atoms with van der Waals surface area (Å²) < 4.78 is 42.2. The molecule has 0 saturated heterocycles. The maximum atomic E-state index is 13.1. The van der Waals surface area contributed by atoms with E-state index in [-0.39, 0.29) is 12.2 Å². The maximum Gasteiger partial charge on any atom is 0.416 e. The molecule has 5 nitrogen and oxygen atoms in total. The molecule has 0 aliphatic heterocycles. The largest absolute Gasteiger partial charge is 0.416 e. The zero-order chi connectivity index (χ0) is 23.8. The Morgan fingerprint density at radius 1 is 1.03 bits per heavy atom. The molecule has 0 unspecified atom stereocenters. The second-order valence-corrected chi connectivity index (χ2v) is 8.12. The molecule has 0 spiro atoms. The van der Waals surface area contributed by atoms with Gasteiger partial charge in [0.2, 0.25) is 0 Å². The zero-order valence-electron chi connectivity index (χ0n) is 17.2. The van der Waals surface area contributed by atoms with Crippen molar-refractivity contribution in [3.63, 3.8) is 0 Å². The summed E-state index contributed by atoms with van der Waals surface area (Å²) in [5, 5.41) is 7.88. The van der Waals surface area contributed by atoms with Gasteiger partial charge >= 0.3 is 6.18 Å². The van der Waals surface area contributed by atoms with Gasteiger partial charge in [0.25, 0.3) is 5.91 Å². The first-order valence-electron chi connectivity index (χ1n) is 9.75. The molecule has 4 aromatic rings. The molecule has 0 aliphatic rings. The normalized spacial score (nSPS) is 11.6. The molecule has 0 bridgehead atoms. The number of carbonyl (C=O) groups is 1. The first-order valence-corrected chi connectivity index (χ1v) is 10.5. The van der Waals surface area contributed by atoms with E-state index in [9.17, 15) is 18.0 Å². The lowest BCUT2D eigenvalue weighted by molar-refractivity contribution is -0.137. The Balaban J connectivity index is 1.67. The van der Waals surface area contributed by atoms with E-state index in [0.29, 0.717) is 27.0 Å². The third-order valence-corrected chi connectivity index (χ3v) is 5.74. The van der Waals surface area contributed by atoms with Gasteiger partial charge in [-0.05, 0) is 54.1 Å². The number of halogens is 5. The van der Waals surface area contributed by atoms with Crippen LogP contribution in [0.1, 0.15) is 21.6 Å². The van der Waals surface area contributed by atoms with Gasteiger partial charge in [0.15, 0.2) is 0 Å². The summed E-state index contributed by atoms with van der Waals surface area (Å²) in [6.45, 7) is -0.0885. The number of hydrogen-bond acceptors (Lipinski definition) is 2. The van der Waals surface area contributed by atoms with Crippen molar-refractivity contribution in [3.05, 3.63) is 93.7 Å². The number of carbonyl (C=O) groups excluding carboxylic acids is 1. The minimum atomic E-state index is -4.46. The highest BCUT2D eigenvalue weighted by Crippen LogP contribution is 2.30.